The molecule has 0 aromatic heterocycles. The number of halogens is 1. The van der Waals surface area contributed by atoms with E-state index in [1.54, 1.807) is 0 Å². The molecule has 1 rings (SSSR count). The van der Waals surface area contributed by atoms with Gasteiger partial charge in [-0.3, -0.25) is 9.63 Å². The van der Waals surface area contributed by atoms with Gasteiger partial charge in [0.05, 0.1) is 13.0 Å². The number of nitrogens with one attached hydrogen (secondary N) is 1. The molecular weight excluding hydrogens is 246 g/mol. The van der Waals surface area contributed by atoms with Crippen LogP contribution in [0.2, 0.25) is 0 Å². The van der Waals surface area contributed by atoms with Crippen molar-refractivity contribution >= 4 is 21.8 Å². The minimum absolute atomic E-state index is 0.130. The predicted octanol–water partition coefficient (Wildman–Crippen LogP) is 2.06. The molecule has 4 heteroatoms. The lowest BCUT2D eigenvalue weighted by atomic mass is 10.1. The zero-order valence-corrected chi connectivity index (χ0v) is 9.50. The fourth-order valence-corrected chi connectivity index (χ4v) is 1.24. The van der Waals surface area contributed by atoms with Crippen LogP contribution in [0.5, 0.6) is 0 Å². The molecule has 1 N–H and O–H groups in total. The summed E-state index contributed by atoms with van der Waals surface area (Å²) in [6, 6.07) is 7.61. The Balaban J connectivity index is 2.44. The van der Waals surface area contributed by atoms with Crippen LogP contribution >= 0.6 is 15.9 Å². The Kier molecular flexibility index (Phi) is 4.62. The second-order valence-corrected chi connectivity index (χ2v) is 3.68. The molecule has 0 aliphatic carbocycles. The van der Waals surface area contributed by atoms with Gasteiger partial charge in [-0.15, -0.1) is 0 Å². The first-order valence-corrected chi connectivity index (χ1v) is 5.16. The molecule has 0 saturated heterocycles. The molecule has 0 aliphatic rings. The normalized spacial score (nSPS) is 9.86. The molecule has 0 unspecified atom stereocenters. The lowest BCUT2D eigenvalue weighted by Gasteiger charge is -2.03. The third-order valence-electron chi connectivity index (χ3n) is 1.61. The number of benzene rings is 1. The first-order chi connectivity index (χ1) is 6.72. The highest BCUT2D eigenvalue weighted by Crippen LogP contribution is 2.10. The van der Waals surface area contributed by atoms with Gasteiger partial charge in [0.15, 0.2) is 0 Å². The first kappa shape index (κ1) is 11.2. The zero-order chi connectivity index (χ0) is 10.4. The first-order valence-electron chi connectivity index (χ1n) is 4.37. The van der Waals surface area contributed by atoms with Crippen LogP contribution in [0.25, 0.3) is 0 Å². The van der Waals surface area contributed by atoms with Crippen molar-refractivity contribution in [2.75, 3.05) is 6.61 Å². The van der Waals surface area contributed by atoms with E-state index < -0.39 is 0 Å². The van der Waals surface area contributed by atoms with Crippen LogP contribution in [0.3, 0.4) is 0 Å². The van der Waals surface area contributed by atoms with Gasteiger partial charge in [0.25, 0.3) is 0 Å². The summed E-state index contributed by atoms with van der Waals surface area (Å²) >= 11 is 3.33. The average molecular weight is 258 g/mol. The second-order valence-electron chi connectivity index (χ2n) is 2.76. The van der Waals surface area contributed by atoms with Crippen molar-refractivity contribution in [3.05, 3.63) is 34.3 Å². The van der Waals surface area contributed by atoms with Crippen LogP contribution in [0.1, 0.15) is 12.5 Å². The van der Waals surface area contributed by atoms with Gasteiger partial charge in [-0.25, -0.2) is 5.48 Å². The SMILES string of the molecule is CCONC(=O)Cc1ccc(Br)cc1. The Morgan fingerprint density at radius 2 is 2.07 bits per heavy atom. The number of rotatable bonds is 4. The summed E-state index contributed by atoms with van der Waals surface area (Å²) in [5, 5.41) is 0. The molecule has 0 aliphatic heterocycles. The van der Waals surface area contributed by atoms with Crippen molar-refractivity contribution in [3.8, 4) is 0 Å². The van der Waals surface area contributed by atoms with E-state index >= 15 is 0 Å². The molecule has 0 spiro atoms. The minimum Gasteiger partial charge on any atom is -0.274 e. The Morgan fingerprint density at radius 1 is 1.43 bits per heavy atom. The summed E-state index contributed by atoms with van der Waals surface area (Å²) in [6.45, 7) is 2.30. The van der Waals surface area contributed by atoms with Crippen LogP contribution in [0.4, 0.5) is 0 Å². The molecular formula is C10H12BrNO2. The van der Waals surface area contributed by atoms with Gasteiger partial charge in [-0.05, 0) is 24.6 Å². The van der Waals surface area contributed by atoms with Crippen LogP contribution in [-0.2, 0) is 16.1 Å². The monoisotopic (exact) mass is 257 g/mol. The van der Waals surface area contributed by atoms with Gasteiger partial charge in [-0.2, -0.15) is 0 Å². The van der Waals surface area contributed by atoms with E-state index in [0.717, 1.165) is 10.0 Å². The van der Waals surface area contributed by atoms with Gasteiger partial charge in [-0.1, -0.05) is 28.1 Å². The number of carbonyl (C=O) groups is 1. The predicted molar refractivity (Wildman–Crippen MR) is 57.6 cm³/mol. The summed E-state index contributed by atoms with van der Waals surface area (Å²) < 4.78 is 1.01. The van der Waals surface area contributed by atoms with E-state index in [1.165, 1.54) is 0 Å². The number of hydroxylamine groups is 1. The van der Waals surface area contributed by atoms with Crippen molar-refractivity contribution in [3.63, 3.8) is 0 Å². The number of hydrogen-bond acceptors (Lipinski definition) is 2. The van der Waals surface area contributed by atoms with Crippen molar-refractivity contribution < 1.29 is 9.63 Å². The Labute approximate surface area is 91.5 Å². The molecule has 0 saturated carbocycles. The van der Waals surface area contributed by atoms with Crippen molar-refractivity contribution in [1.82, 2.24) is 5.48 Å². The minimum atomic E-state index is -0.130. The van der Waals surface area contributed by atoms with Gasteiger partial charge >= 0.3 is 0 Å². The van der Waals surface area contributed by atoms with E-state index in [2.05, 4.69) is 21.4 Å². The van der Waals surface area contributed by atoms with E-state index in [1.807, 2.05) is 31.2 Å². The highest BCUT2D eigenvalue weighted by atomic mass is 79.9. The largest absolute Gasteiger partial charge is 0.274 e. The van der Waals surface area contributed by atoms with Crippen LogP contribution in [0.15, 0.2) is 28.7 Å². The topological polar surface area (TPSA) is 38.3 Å². The molecule has 1 aromatic carbocycles. The maximum atomic E-state index is 11.2. The summed E-state index contributed by atoms with van der Waals surface area (Å²) in [5.74, 6) is -0.130. The Morgan fingerprint density at radius 3 is 2.64 bits per heavy atom. The van der Waals surface area contributed by atoms with Crippen LogP contribution in [0, 0.1) is 0 Å². The van der Waals surface area contributed by atoms with Crippen molar-refractivity contribution in [2.45, 2.75) is 13.3 Å². The zero-order valence-electron chi connectivity index (χ0n) is 7.92. The summed E-state index contributed by atoms with van der Waals surface area (Å²) in [5.41, 5.74) is 3.31. The van der Waals surface area contributed by atoms with Gasteiger partial charge < -0.3 is 0 Å². The van der Waals surface area contributed by atoms with E-state index in [0.29, 0.717) is 13.0 Å². The lowest BCUT2D eigenvalue weighted by Crippen LogP contribution is -2.25. The molecule has 3 nitrogen and oxygen atoms in total. The highest BCUT2D eigenvalue weighted by Gasteiger charge is 2.01. The number of hydrogen-bond donors (Lipinski definition) is 1. The fourth-order valence-electron chi connectivity index (χ4n) is 0.976. The summed E-state index contributed by atoms with van der Waals surface area (Å²) in [6.07, 6.45) is 0.341. The van der Waals surface area contributed by atoms with Gasteiger partial charge in [0.2, 0.25) is 5.91 Å². The second kappa shape index (κ2) is 5.78. The van der Waals surface area contributed by atoms with E-state index in [-0.39, 0.29) is 5.91 Å². The maximum absolute atomic E-state index is 11.2. The van der Waals surface area contributed by atoms with Crippen LogP contribution in [-0.4, -0.2) is 12.5 Å². The lowest BCUT2D eigenvalue weighted by molar-refractivity contribution is -0.132. The van der Waals surface area contributed by atoms with Crippen molar-refractivity contribution in [2.24, 2.45) is 0 Å². The standard InChI is InChI=1S/C10H12BrNO2/c1-2-14-12-10(13)7-8-3-5-9(11)6-4-8/h3-6H,2,7H2,1H3,(H,12,13). The van der Waals surface area contributed by atoms with Crippen molar-refractivity contribution in [1.29, 1.82) is 0 Å². The smallest absolute Gasteiger partial charge is 0.247 e. The third kappa shape index (κ3) is 3.89. The summed E-state index contributed by atoms with van der Waals surface area (Å²) in [4.78, 5) is 16.0. The fraction of sp³-hybridized carbons (Fsp3) is 0.300. The maximum Gasteiger partial charge on any atom is 0.247 e. The van der Waals surface area contributed by atoms with Gasteiger partial charge in [0, 0.05) is 4.47 Å². The molecule has 76 valence electrons. The van der Waals surface area contributed by atoms with E-state index in [9.17, 15) is 4.79 Å². The Bertz CT molecular complexity index is 297. The molecule has 0 fully saturated rings. The highest BCUT2D eigenvalue weighted by molar-refractivity contribution is 9.10. The number of carbonyl (C=O) groups excluding carboxylic acids is 1. The third-order valence-corrected chi connectivity index (χ3v) is 2.14. The summed E-state index contributed by atoms with van der Waals surface area (Å²) in [7, 11) is 0. The molecule has 0 radical (unpaired) electrons. The molecule has 1 amide bonds. The van der Waals surface area contributed by atoms with Gasteiger partial charge in [0.1, 0.15) is 0 Å². The molecule has 0 bridgehead atoms. The number of amides is 1. The van der Waals surface area contributed by atoms with E-state index in [4.69, 9.17) is 4.84 Å². The van der Waals surface area contributed by atoms with Crippen LogP contribution < -0.4 is 5.48 Å². The molecule has 0 heterocycles. The molecule has 0 atom stereocenters. The Hall–Kier alpha value is -0.870. The molecule has 14 heavy (non-hydrogen) atoms. The molecule has 1 aromatic rings. The average Bonchev–Trinajstić information content (AvgIpc) is 2.18. The quantitative estimate of drug-likeness (QED) is 0.839.